The highest BCUT2D eigenvalue weighted by Crippen LogP contribution is 2.13. The number of rotatable bonds is 4. The van der Waals surface area contributed by atoms with Gasteiger partial charge in [0.05, 0.1) is 6.61 Å². The SMILES string of the molecule is O=C(N/C(=C\c1cccc(O)c1)CO)c1ccccc1. The maximum atomic E-state index is 12.0. The summed E-state index contributed by atoms with van der Waals surface area (Å²) in [5.74, 6) is -0.156. The molecule has 0 aliphatic carbocycles. The van der Waals surface area contributed by atoms with Crippen LogP contribution in [0.2, 0.25) is 0 Å². The average Bonchev–Trinajstić information content (AvgIpc) is 2.47. The second-order valence-electron chi connectivity index (χ2n) is 4.24. The monoisotopic (exact) mass is 269 g/mol. The van der Waals surface area contributed by atoms with Crippen molar-refractivity contribution in [2.24, 2.45) is 0 Å². The lowest BCUT2D eigenvalue weighted by atomic mass is 10.1. The lowest BCUT2D eigenvalue weighted by Gasteiger charge is -2.07. The van der Waals surface area contributed by atoms with E-state index in [0.717, 1.165) is 0 Å². The molecular weight excluding hydrogens is 254 g/mol. The number of amides is 1. The summed E-state index contributed by atoms with van der Waals surface area (Å²) in [5, 5.41) is 21.3. The molecule has 20 heavy (non-hydrogen) atoms. The van der Waals surface area contributed by atoms with Crippen LogP contribution in [0.4, 0.5) is 0 Å². The molecule has 0 saturated carbocycles. The number of aromatic hydroxyl groups is 1. The van der Waals surface area contributed by atoms with Gasteiger partial charge < -0.3 is 15.5 Å². The molecular formula is C16H15NO3. The number of hydrogen-bond acceptors (Lipinski definition) is 3. The highest BCUT2D eigenvalue weighted by molar-refractivity contribution is 5.95. The number of nitrogens with one attached hydrogen (secondary N) is 1. The third-order valence-electron chi connectivity index (χ3n) is 2.69. The van der Waals surface area contributed by atoms with Gasteiger partial charge in [-0.3, -0.25) is 4.79 Å². The Hall–Kier alpha value is -2.59. The number of phenolic OH excluding ortho intramolecular Hbond substituents is 1. The van der Waals surface area contributed by atoms with Crippen molar-refractivity contribution >= 4 is 12.0 Å². The molecule has 4 nitrogen and oxygen atoms in total. The molecule has 2 aromatic carbocycles. The maximum absolute atomic E-state index is 12.0. The topological polar surface area (TPSA) is 69.6 Å². The molecule has 3 N–H and O–H groups in total. The van der Waals surface area contributed by atoms with Gasteiger partial charge in [0.2, 0.25) is 0 Å². The lowest BCUT2D eigenvalue weighted by molar-refractivity contribution is 0.0960. The molecule has 0 spiro atoms. The van der Waals surface area contributed by atoms with Gasteiger partial charge in [0.15, 0.2) is 0 Å². The molecule has 4 heteroatoms. The molecule has 0 heterocycles. The Balaban J connectivity index is 2.15. The third kappa shape index (κ3) is 3.70. The Kier molecular flexibility index (Phi) is 4.52. The minimum Gasteiger partial charge on any atom is -0.508 e. The van der Waals surface area contributed by atoms with Crippen molar-refractivity contribution in [1.29, 1.82) is 0 Å². The standard InChI is InChI=1S/C16H15NO3/c18-11-14(9-12-5-4-8-15(19)10-12)17-16(20)13-6-2-1-3-7-13/h1-10,18-19H,11H2,(H,17,20)/b14-9-. The zero-order chi connectivity index (χ0) is 14.4. The van der Waals surface area contributed by atoms with Gasteiger partial charge in [-0.2, -0.15) is 0 Å². The molecule has 0 aromatic heterocycles. The number of hydrogen-bond donors (Lipinski definition) is 3. The van der Waals surface area contributed by atoms with Crippen LogP contribution in [0.15, 0.2) is 60.3 Å². The Morgan fingerprint density at radius 1 is 1.10 bits per heavy atom. The van der Waals surface area contributed by atoms with Crippen LogP contribution in [0, 0.1) is 0 Å². The highest BCUT2D eigenvalue weighted by Gasteiger charge is 2.06. The van der Waals surface area contributed by atoms with E-state index in [4.69, 9.17) is 0 Å². The van der Waals surface area contributed by atoms with Gasteiger partial charge in [0, 0.05) is 11.3 Å². The molecule has 2 rings (SSSR count). The predicted octanol–water partition coefficient (Wildman–Crippen LogP) is 2.16. The molecule has 0 fully saturated rings. The maximum Gasteiger partial charge on any atom is 0.255 e. The number of carbonyl (C=O) groups is 1. The van der Waals surface area contributed by atoms with Gasteiger partial charge in [0.1, 0.15) is 5.75 Å². The van der Waals surface area contributed by atoms with Crippen LogP contribution in [-0.4, -0.2) is 22.7 Å². The molecule has 0 bridgehead atoms. The van der Waals surface area contributed by atoms with Crippen molar-refractivity contribution in [2.45, 2.75) is 0 Å². The first-order valence-electron chi connectivity index (χ1n) is 6.16. The van der Waals surface area contributed by atoms with Gasteiger partial charge in [-0.25, -0.2) is 0 Å². The van der Waals surface area contributed by atoms with Crippen LogP contribution in [0.1, 0.15) is 15.9 Å². The molecule has 102 valence electrons. The van der Waals surface area contributed by atoms with E-state index in [1.165, 1.54) is 0 Å². The zero-order valence-electron chi connectivity index (χ0n) is 10.8. The minimum absolute atomic E-state index is 0.130. The van der Waals surface area contributed by atoms with Crippen LogP contribution >= 0.6 is 0 Å². The number of carbonyl (C=O) groups excluding carboxylic acids is 1. The fourth-order valence-electron chi connectivity index (χ4n) is 1.74. The Labute approximate surface area is 117 Å². The van der Waals surface area contributed by atoms with Crippen LogP contribution < -0.4 is 5.32 Å². The van der Waals surface area contributed by atoms with Crippen molar-refractivity contribution in [1.82, 2.24) is 5.32 Å². The molecule has 0 aliphatic rings. The van der Waals surface area contributed by atoms with Crippen LogP contribution in [0.5, 0.6) is 5.75 Å². The first-order chi connectivity index (χ1) is 9.69. The normalized spacial score (nSPS) is 11.2. The number of benzene rings is 2. The number of aliphatic hydroxyl groups is 1. The summed E-state index contributed by atoms with van der Waals surface area (Å²) in [4.78, 5) is 12.0. The zero-order valence-corrected chi connectivity index (χ0v) is 10.8. The van der Waals surface area contributed by atoms with Crippen molar-refractivity contribution < 1.29 is 15.0 Å². The highest BCUT2D eigenvalue weighted by atomic mass is 16.3. The van der Waals surface area contributed by atoms with Gasteiger partial charge in [-0.05, 0) is 35.9 Å². The van der Waals surface area contributed by atoms with E-state index in [9.17, 15) is 15.0 Å². The van der Waals surface area contributed by atoms with E-state index in [1.807, 2.05) is 6.07 Å². The predicted molar refractivity (Wildman–Crippen MR) is 77.1 cm³/mol. The molecule has 1 amide bonds. The van der Waals surface area contributed by atoms with Crippen molar-refractivity contribution in [3.63, 3.8) is 0 Å². The summed E-state index contributed by atoms with van der Waals surface area (Å²) < 4.78 is 0. The van der Waals surface area contributed by atoms with Gasteiger partial charge >= 0.3 is 0 Å². The molecule has 0 saturated heterocycles. The van der Waals surface area contributed by atoms with E-state index in [-0.39, 0.29) is 18.3 Å². The van der Waals surface area contributed by atoms with E-state index >= 15 is 0 Å². The fourth-order valence-corrected chi connectivity index (χ4v) is 1.74. The molecule has 0 unspecified atom stereocenters. The van der Waals surface area contributed by atoms with Gasteiger partial charge in [0.25, 0.3) is 5.91 Å². The molecule has 0 atom stereocenters. The quantitative estimate of drug-likeness (QED) is 0.796. The second-order valence-corrected chi connectivity index (χ2v) is 4.24. The summed E-state index contributed by atoms with van der Waals surface area (Å²) in [6.45, 7) is -0.297. The van der Waals surface area contributed by atoms with E-state index < -0.39 is 0 Å². The summed E-state index contributed by atoms with van der Waals surface area (Å²) in [6, 6.07) is 15.3. The van der Waals surface area contributed by atoms with Gasteiger partial charge in [-0.1, -0.05) is 30.3 Å². The van der Waals surface area contributed by atoms with E-state index in [2.05, 4.69) is 5.32 Å². The number of aliphatic hydroxyl groups excluding tert-OH is 1. The Morgan fingerprint density at radius 2 is 1.85 bits per heavy atom. The van der Waals surface area contributed by atoms with Crippen LogP contribution in [-0.2, 0) is 0 Å². The summed E-state index contributed by atoms with van der Waals surface area (Å²) in [5.41, 5.74) is 1.58. The van der Waals surface area contributed by atoms with Crippen molar-refractivity contribution in [2.75, 3.05) is 6.61 Å². The van der Waals surface area contributed by atoms with E-state index in [1.54, 1.807) is 54.6 Å². The van der Waals surface area contributed by atoms with Gasteiger partial charge in [-0.15, -0.1) is 0 Å². The average molecular weight is 269 g/mol. The second kappa shape index (κ2) is 6.54. The minimum atomic E-state index is -0.297. The lowest BCUT2D eigenvalue weighted by Crippen LogP contribution is -2.24. The summed E-state index contributed by atoms with van der Waals surface area (Å²) in [7, 11) is 0. The Bertz CT molecular complexity index is 621. The van der Waals surface area contributed by atoms with Crippen molar-refractivity contribution in [3.05, 3.63) is 71.4 Å². The molecule has 2 aromatic rings. The molecule has 0 aliphatic heterocycles. The van der Waals surface area contributed by atoms with Crippen LogP contribution in [0.25, 0.3) is 6.08 Å². The van der Waals surface area contributed by atoms with Crippen molar-refractivity contribution in [3.8, 4) is 5.75 Å². The van der Waals surface area contributed by atoms with E-state index in [0.29, 0.717) is 16.8 Å². The largest absolute Gasteiger partial charge is 0.508 e. The first kappa shape index (κ1) is 13.8. The third-order valence-corrected chi connectivity index (χ3v) is 2.69. The Morgan fingerprint density at radius 3 is 2.50 bits per heavy atom. The van der Waals surface area contributed by atoms with Crippen LogP contribution in [0.3, 0.4) is 0 Å². The smallest absolute Gasteiger partial charge is 0.255 e. The fraction of sp³-hybridized carbons (Fsp3) is 0.0625. The number of phenols is 1. The first-order valence-corrected chi connectivity index (χ1v) is 6.16. The molecule has 0 radical (unpaired) electrons. The summed E-state index contributed by atoms with van der Waals surface area (Å²) in [6.07, 6.45) is 1.61. The summed E-state index contributed by atoms with van der Waals surface area (Å²) >= 11 is 0.